The summed E-state index contributed by atoms with van der Waals surface area (Å²) in [7, 11) is -3.54. The minimum Gasteiger partial charge on any atom is -0.492 e. The summed E-state index contributed by atoms with van der Waals surface area (Å²) in [5, 5.41) is 3.45. The van der Waals surface area contributed by atoms with Gasteiger partial charge in [-0.1, -0.05) is 11.6 Å². The van der Waals surface area contributed by atoms with E-state index in [1.54, 1.807) is 31.2 Å². The minimum atomic E-state index is -3.54. The van der Waals surface area contributed by atoms with Crippen LogP contribution in [0.25, 0.3) is 0 Å². The van der Waals surface area contributed by atoms with Crippen LogP contribution in [0.15, 0.2) is 41.3 Å². The zero-order chi connectivity index (χ0) is 24.0. The number of aryl methyl sites for hydroxylation is 2. The van der Waals surface area contributed by atoms with Crippen LogP contribution in [0.1, 0.15) is 18.1 Å². The quantitative estimate of drug-likeness (QED) is 0.536. The molecule has 180 valence electrons. The molecule has 1 amide bonds. The number of nitrogens with one attached hydrogen (secondary N) is 1. The van der Waals surface area contributed by atoms with Gasteiger partial charge in [-0.3, -0.25) is 4.79 Å². The van der Waals surface area contributed by atoms with Crippen LogP contribution in [0.3, 0.4) is 0 Å². The average Bonchev–Trinajstić information content (AvgIpc) is 2.81. The summed E-state index contributed by atoms with van der Waals surface area (Å²) in [5.41, 5.74) is 1.77. The van der Waals surface area contributed by atoms with Crippen LogP contribution in [-0.4, -0.2) is 64.2 Å². The Hall–Kier alpha value is -2.33. The van der Waals surface area contributed by atoms with Crippen molar-refractivity contribution in [3.63, 3.8) is 0 Å². The van der Waals surface area contributed by atoms with Gasteiger partial charge in [-0.2, -0.15) is 4.31 Å². The minimum absolute atomic E-state index is 0.212. The van der Waals surface area contributed by atoms with E-state index < -0.39 is 16.1 Å². The highest BCUT2D eigenvalue weighted by atomic mass is 35.5. The van der Waals surface area contributed by atoms with Crippen LogP contribution in [0.5, 0.6) is 11.5 Å². The van der Waals surface area contributed by atoms with Crippen molar-refractivity contribution in [2.24, 2.45) is 0 Å². The average molecular weight is 497 g/mol. The molecule has 0 saturated carbocycles. The van der Waals surface area contributed by atoms with Crippen molar-refractivity contribution in [2.45, 2.75) is 31.8 Å². The maximum Gasteiger partial charge on any atom is 0.260 e. The predicted octanol–water partition coefficient (Wildman–Crippen LogP) is 2.94. The molecule has 1 N–H and O–H groups in total. The summed E-state index contributed by atoms with van der Waals surface area (Å²) >= 11 is 6.16. The van der Waals surface area contributed by atoms with E-state index in [-0.39, 0.29) is 24.0 Å². The number of benzene rings is 2. The summed E-state index contributed by atoms with van der Waals surface area (Å²) in [4.78, 5) is 12.5. The molecule has 1 heterocycles. The Balaban J connectivity index is 1.44. The zero-order valence-electron chi connectivity index (χ0n) is 19.0. The van der Waals surface area contributed by atoms with Crippen molar-refractivity contribution in [2.75, 3.05) is 39.5 Å². The number of morpholine rings is 1. The molecular weight excluding hydrogens is 468 g/mol. The van der Waals surface area contributed by atoms with Crippen LogP contribution in [0.4, 0.5) is 0 Å². The number of hydrogen-bond acceptors (Lipinski definition) is 6. The van der Waals surface area contributed by atoms with Crippen LogP contribution in [-0.2, 0) is 19.6 Å². The molecule has 10 heteroatoms. The number of sulfonamides is 1. The molecule has 0 spiro atoms. The third-order valence-corrected chi connectivity index (χ3v) is 7.70. The van der Waals surface area contributed by atoms with E-state index in [4.69, 9.17) is 25.8 Å². The highest BCUT2D eigenvalue weighted by Crippen LogP contribution is 2.26. The van der Waals surface area contributed by atoms with E-state index >= 15 is 0 Å². The highest BCUT2D eigenvalue weighted by Gasteiger charge is 2.26. The molecule has 0 radical (unpaired) electrons. The fourth-order valence-electron chi connectivity index (χ4n) is 3.36. The SMILES string of the molecule is Cc1cc(O[C@@H](C)C(=O)NCCOc2ccc(S(=O)(=O)N3CCOCC3)cc2)cc(C)c1Cl. The largest absolute Gasteiger partial charge is 0.492 e. The fourth-order valence-corrected chi connectivity index (χ4v) is 4.88. The van der Waals surface area contributed by atoms with E-state index in [2.05, 4.69) is 5.32 Å². The lowest BCUT2D eigenvalue weighted by atomic mass is 10.1. The van der Waals surface area contributed by atoms with Crippen molar-refractivity contribution in [3.8, 4) is 11.5 Å². The Bertz CT molecular complexity index is 1050. The van der Waals surface area contributed by atoms with Gasteiger partial charge in [0.2, 0.25) is 10.0 Å². The lowest BCUT2D eigenvalue weighted by Gasteiger charge is -2.26. The zero-order valence-corrected chi connectivity index (χ0v) is 20.5. The number of halogens is 1. The number of rotatable bonds is 9. The number of amides is 1. The van der Waals surface area contributed by atoms with Crippen LogP contribution >= 0.6 is 11.6 Å². The smallest absolute Gasteiger partial charge is 0.260 e. The van der Waals surface area contributed by atoms with Gasteiger partial charge < -0.3 is 19.5 Å². The monoisotopic (exact) mass is 496 g/mol. The molecule has 8 nitrogen and oxygen atoms in total. The molecule has 0 aromatic heterocycles. The van der Waals surface area contributed by atoms with E-state index in [1.165, 1.54) is 16.4 Å². The summed E-state index contributed by atoms with van der Waals surface area (Å²) in [6.45, 7) is 7.43. The Morgan fingerprint density at radius 2 is 1.73 bits per heavy atom. The molecule has 33 heavy (non-hydrogen) atoms. The number of nitrogens with zero attached hydrogens (tertiary/aromatic N) is 1. The van der Waals surface area contributed by atoms with E-state index in [0.29, 0.717) is 42.8 Å². The first-order valence-corrected chi connectivity index (χ1v) is 12.5. The molecule has 0 unspecified atom stereocenters. The van der Waals surface area contributed by atoms with Gasteiger partial charge in [0.15, 0.2) is 6.10 Å². The van der Waals surface area contributed by atoms with E-state index in [1.807, 2.05) is 13.8 Å². The Kier molecular flexibility index (Phi) is 8.58. The number of ether oxygens (including phenoxy) is 3. The summed E-state index contributed by atoms with van der Waals surface area (Å²) in [6, 6.07) is 9.84. The Labute approximate surface area is 199 Å². The molecule has 1 saturated heterocycles. The van der Waals surface area contributed by atoms with Crippen molar-refractivity contribution in [1.29, 1.82) is 0 Å². The van der Waals surface area contributed by atoms with Crippen molar-refractivity contribution in [1.82, 2.24) is 9.62 Å². The van der Waals surface area contributed by atoms with Gasteiger partial charge in [-0.05, 0) is 68.3 Å². The second kappa shape index (κ2) is 11.2. The molecule has 3 rings (SSSR count). The first-order valence-electron chi connectivity index (χ1n) is 10.7. The molecule has 1 atom stereocenters. The van der Waals surface area contributed by atoms with Crippen molar-refractivity contribution < 1.29 is 27.4 Å². The summed E-state index contributed by atoms with van der Waals surface area (Å²) in [6.07, 6.45) is -0.686. The number of hydrogen-bond donors (Lipinski definition) is 1. The molecule has 1 aliphatic heterocycles. The Morgan fingerprint density at radius 1 is 1.12 bits per heavy atom. The third-order valence-electron chi connectivity index (χ3n) is 5.19. The van der Waals surface area contributed by atoms with E-state index in [0.717, 1.165) is 11.1 Å². The first-order chi connectivity index (χ1) is 15.7. The summed E-state index contributed by atoms with van der Waals surface area (Å²) < 4.78 is 43.3. The highest BCUT2D eigenvalue weighted by molar-refractivity contribution is 7.89. The Morgan fingerprint density at radius 3 is 2.33 bits per heavy atom. The van der Waals surface area contributed by atoms with Gasteiger partial charge in [-0.15, -0.1) is 0 Å². The van der Waals surface area contributed by atoms with Gasteiger partial charge in [-0.25, -0.2) is 8.42 Å². The molecule has 1 aliphatic rings. The second-order valence-electron chi connectivity index (χ2n) is 7.76. The van der Waals surface area contributed by atoms with Gasteiger partial charge in [0.05, 0.1) is 24.7 Å². The van der Waals surface area contributed by atoms with Crippen molar-refractivity contribution in [3.05, 3.63) is 52.5 Å². The van der Waals surface area contributed by atoms with Gasteiger partial charge in [0.25, 0.3) is 5.91 Å². The van der Waals surface area contributed by atoms with Crippen LogP contribution in [0.2, 0.25) is 5.02 Å². The number of carbonyl (C=O) groups is 1. The van der Waals surface area contributed by atoms with Gasteiger partial charge in [0.1, 0.15) is 18.1 Å². The standard InChI is InChI=1S/C23H29ClN2O6S/c1-16-14-20(15-17(2)22(16)24)32-18(3)23(27)25-8-11-31-19-4-6-21(7-5-19)33(28,29)26-9-12-30-13-10-26/h4-7,14-15,18H,8-13H2,1-3H3,(H,25,27)/t18-/m0/s1. The second-order valence-corrected chi connectivity index (χ2v) is 10.1. The van der Waals surface area contributed by atoms with Crippen LogP contribution < -0.4 is 14.8 Å². The van der Waals surface area contributed by atoms with E-state index in [9.17, 15) is 13.2 Å². The molecule has 2 aromatic carbocycles. The maximum absolute atomic E-state index is 12.6. The molecule has 0 aliphatic carbocycles. The summed E-state index contributed by atoms with van der Waals surface area (Å²) in [5.74, 6) is 0.831. The predicted molar refractivity (Wildman–Crippen MR) is 126 cm³/mol. The lowest BCUT2D eigenvalue weighted by molar-refractivity contribution is -0.127. The normalized spacial score (nSPS) is 15.6. The topological polar surface area (TPSA) is 94.2 Å². The maximum atomic E-state index is 12.6. The fraction of sp³-hybridized carbons (Fsp3) is 0.435. The van der Waals surface area contributed by atoms with Crippen molar-refractivity contribution >= 4 is 27.5 Å². The molecule has 0 bridgehead atoms. The third kappa shape index (κ3) is 6.60. The van der Waals surface area contributed by atoms with Crippen LogP contribution in [0, 0.1) is 13.8 Å². The van der Waals surface area contributed by atoms with Gasteiger partial charge in [0, 0.05) is 18.1 Å². The number of carbonyl (C=O) groups excluding carboxylic acids is 1. The molecule has 1 fully saturated rings. The molecular formula is C23H29ClN2O6S. The molecule has 2 aromatic rings. The van der Waals surface area contributed by atoms with Gasteiger partial charge >= 0.3 is 0 Å². The first kappa shape index (κ1) is 25.3. The lowest BCUT2D eigenvalue weighted by Crippen LogP contribution is -2.40.